The van der Waals surface area contributed by atoms with Gasteiger partial charge >= 0.3 is 6.61 Å². The Kier molecular flexibility index (Phi) is 6.13. The van der Waals surface area contributed by atoms with E-state index in [2.05, 4.69) is 15.0 Å². The van der Waals surface area contributed by atoms with E-state index in [-0.39, 0.29) is 23.4 Å². The Balaban J connectivity index is 1.78. The molecule has 26 heavy (non-hydrogen) atoms. The average molecular weight is 382 g/mol. The van der Waals surface area contributed by atoms with Crippen LogP contribution in [0.3, 0.4) is 0 Å². The third kappa shape index (κ3) is 4.75. The van der Waals surface area contributed by atoms with Gasteiger partial charge in [0.2, 0.25) is 0 Å². The van der Waals surface area contributed by atoms with E-state index in [1.807, 2.05) is 0 Å². The molecule has 5 nitrogen and oxygen atoms in total. The van der Waals surface area contributed by atoms with Gasteiger partial charge in [0, 0.05) is 0 Å². The van der Waals surface area contributed by atoms with Crippen molar-refractivity contribution in [2.45, 2.75) is 45.3 Å². The van der Waals surface area contributed by atoms with Crippen molar-refractivity contribution >= 4 is 28.9 Å². The molecular formula is C18H20F2N2O3S. The fourth-order valence-electron chi connectivity index (χ4n) is 2.92. The third-order valence-corrected chi connectivity index (χ3v) is 4.98. The van der Waals surface area contributed by atoms with E-state index >= 15 is 0 Å². The summed E-state index contributed by atoms with van der Waals surface area (Å²) in [4.78, 5) is 17.2. The van der Waals surface area contributed by atoms with Crippen molar-refractivity contribution in [2.75, 3.05) is 6.61 Å². The molecule has 1 aliphatic carbocycles. The van der Waals surface area contributed by atoms with Gasteiger partial charge in [0.1, 0.15) is 0 Å². The number of rotatable bonds is 6. The Morgan fingerprint density at radius 3 is 2.81 bits per heavy atom. The van der Waals surface area contributed by atoms with Gasteiger partial charge in [-0.3, -0.25) is 9.79 Å². The van der Waals surface area contributed by atoms with E-state index in [4.69, 9.17) is 4.74 Å². The van der Waals surface area contributed by atoms with Crippen LogP contribution in [0, 0.1) is 0 Å². The maximum atomic E-state index is 12.5. The molecule has 1 amide bonds. The van der Waals surface area contributed by atoms with Crippen molar-refractivity contribution in [1.29, 1.82) is 0 Å². The summed E-state index contributed by atoms with van der Waals surface area (Å²) < 4.78 is 34.8. The van der Waals surface area contributed by atoms with Crippen LogP contribution in [0.1, 0.15) is 38.2 Å². The lowest BCUT2D eigenvalue weighted by Gasteiger charge is -2.11. The van der Waals surface area contributed by atoms with Gasteiger partial charge in [-0.2, -0.15) is 8.78 Å². The number of thioether (sulfide) groups is 1. The molecule has 0 atom stereocenters. The molecule has 2 fully saturated rings. The molecule has 1 heterocycles. The van der Waals surface area contributed by atoms with Crippen LogP contribution in [0.5, 0.6) is 11.5 Å². The van der Waals surface area contributed by atoms with E-state index in [1.54, 1.807) is 25.1 Å². The fraction of sp³-hybridized carbons (Fsp3) is 0.444. The highest BCUT2D eigenvalue weighted by atomic mass is 32.2. The lowest BCUT2D eigenvalue weighted by atomic mass is 10.2. The van der Waals surface area contributed by atoms with Gasteiger partial charge in [-0.1, -0.05) is 18.9 Å². The average Bonchev–Trinajstić information content (AvgIpc) is 3.20. The van der Waals surface area contributed by atoms with Crippen molar-refractivity contribution in [3.05, 3.63) is 28.7 Å². The summed E-state index contributed by atoms with van der Waals surface area (Å²) in [5.41, 5.74) is 0.662. The molecule has 1 aromatic carbocycles. The van der Waals surface area contributed by atoms with Gasteiger partial charge < -0.3 is 14.8 Å². The highest BCUT2D eigenvalue weighted by Crippen LogP contribution is 2.33. The monoisotopic (exact) mass is 382 g/mol. The van der Waals surface area contributed by atoms with Crippen LogP contribution in [0.2, 0.25) is 0 Å². The lowest BCUT2D eigenvalue weighted by molar-refractivity contribution is -0.115. The predicted molar refractivity (Wildman–Crippen MR) is 97.6 cm³/mol. The van der Waals surface area contributed by atoms with Crippen molar-refractivity contribution in [2.24, 2.45) is 4.99 Å². The van der Waals surface area contributed by atoms with Gasteiger partial charge in [0.15, 0.2) is 16.7 Å². The molecule has 0 radical (unpaired) electrons. The molecule has 3 rings (SSSR count). The first kappa shape index (κ1) is 18.7. The standard InChI is InChI=1S/C18H20F2N2O3S/c1-2-24-14-9-11(7-8-13(14)25-17(19)20)10-15-16(23)22-18(26-15)21-12-5-3-4-6-12/h7-10,12,17H,2-6H2,1H3,(H,21,22,23)/b15-10+. The third-order valence-electron chi connectivity index (χ3n) is 4.06. The Hall–Kier alpha value is -2.09. The Bertz CT molecular complexity index is 731. The molecule has 1 N–H and O–H groups in total. The minimum atomic E-state index is -2.93. The summed E-state index contributed by atoms with van der Waals surface area (Å²) in [6, 6.07) is 4.88. The summed E-state index contributed by atoms with van der Waals surface area (Å²) in [5, 5.41) is 3.40. The largest absolute Gasteiger partial charge is 0.490 e. The van der Waals surface area contributed by atoms with Crippen molar-refractivity contribution in [3.8, 4) is 11.5 Å². The number of amides is 1. The summed E-state index contributed by atoms with van der Waals surface area (Å²) in [5.74, 6) is -0.0287. The number of carbonyl (C=O) groups excluding carboxylic acids is 1. The quantitative estimate of drug-likeness (QED) is 0.750. The number of alkyl halides is 2. The molecule has 140 valence electrons. The molecule has 2 aliphatic rings. The van der Waals surface area contributed by atoms with Crippen LogP contribution in [0.25, 0.3) is 6.08 Å². The lowest BCUT2D eigenvalue weighted by Crippen LogP contribution is -2.21. The van der Waals surface area contributed by atoms with E-state index < -0.39 is 6.61 Å². The van der Waals surface area contributed by atoms with Gasteiger partial charge in [-0.05, 0) is 55.3 Å². The van der Waals surface area contributed by atoms with Gasteiger partial charge in [0.05, 0.1) is 17.6 Å². The normalized spacial score (nSPS) is 21.0. The van der Waals surface area contributed by atoms with Gasteiger partial charge in [-0.25, -0.2) is 0 Å². The first-order chi connectivity index (χ1) is 12.5. The van der Waals surface area contributed by atoms with E-state index in [9.17, 15) is 13.6 Å². The molecule has 1 saturated carbocycles. The van der Waals surface area contributed by atoms with E-state index in [1.165, 1.54) is 30.7 Å². The fourth-order valence-corrected chi connectivity index (χ4v) is 3.81. The molecule has 1 saturated heterocycles. The summed E-state index contributed by atoms with van der Waals surface area (Å²) in [6.45, 7) is -0.861. The van der Waals surface area contributed by atoms with Crippen LogP contribution in [-0.4, -0.2) is 30.3 Å². The van der Waals surface area contributed by atoms with Crippen LogP contribution in [0.15, 0.2) is 28.1 Å². The zero-order valence-electron chi connectivity index (χ0n) is 14.3. The second kappa shape index (κ2) is 8.53. The molecule has 0 unspecified atom stereocenters. The van der Waals surface area contributed by atoms with Crippen LogP contribution < -0.4 is 14.8 Å². The number of ether oxygens (including phenoxy) is 2. The molecule has 8 heteroatoms. The number of amidine groups is 1. The maximum Gasteiger partial charge on any atom is 0.387 e. The molecule has 0 bridgehead atoms. The maximum absolute atomic E-state index is 12.5. The van der Waals surface area contributed by atoms with Crippen LogP contribution in [-0.2, 0) is 4.79 Å². The van der Waals surface area contributed by atoms with E-state index in [0.29, 0.717) is 22.2 Å². The minimum Gasteiger partial charge on any atom is -0.490 e. The number of carbonyl (C=O) groups is 1. The predicted octanol–water partition coefficient (Wildman–Crippen LogP) is 4.19. The van der Waals surface area contributed by atoms with Gasteiger partial charge in [0.25, 0.3) is 5.91 Å². The summed E-state index contributed by atoms with van der Waals surface area (Å²) >= 11 is 1.29. The van der Waals surface area contributed by atoms with E-state index in [0.717, 1.165) is 12.8 Å². The first-order valence-electron chi connectivity index (χ1n) is 8.55. The Labute approximate surface area is 154 Å². The molecule has 0 aromatic heterocycles. The summed E-state index contributed by atoms with van der Waals surface area (Å²) in [6.07, 6.45) is 6.16. The van der Waals surface area contributed by atoms with Crippen molar-refractivity contribution in [1.82, 2.24) is 5.32 Å². The smallest absolute Gasteiger partial charge is 0.387 e. The van der Waals surface area contributed by atoms with Crippen LogP contribution >= 0.6 is 11.8 Å². The second-order valence-electron chi connectivity index (χ2n) is 5.95. The van der Waals surface area contributed by atoms with Gasteiger partial charge in [-0.15, -0.1) is 0 Å². The Morgan fingerprint density at radius 1 is 1.35 bits per heavy atom. The number of halogens is 2. The van der Waals surface area contributed by atoms with Crippen molar-refractivity contribution < 1.29 is 23.0 Å². The minimum absolute atomic E-state index is 0.0315. The number of benzene rings is 1. The zero-order chi connectivity index (χ0) is 18.5. The number of nitrogens with zero attached hydrogens (tertiary/aromatic N) is 1. The Morgan fingerprint density at radius 2 is 2.12 bits per heavy atom. The molecule has 1 aromatic rings. The summed E-state index contributed by atoms with van der Waals surface area (Å²) in [7, 11) is 0. The number of nitrogens with one attached hydrogen (secondary N) is 1. The number of aliphatic imine (C=N–C) groups is 1. The molecule has 0 spiro atoms. The van der Waals surface area contributed by atoms with Crippen molar-refractivity contribution in [3.63, 3.8) is 0 Å². The number of hydrogen-bond acceptors (Lipinski definition) is 5. The molecular weight excluding hydrogens is 362 g/mol. The SMILES string of the molecule is CCOc1cc(/C=C2/SC(=NC3CCCC3)NC2=O)ccc1OC(F)F. The first-order valence-corrected chi connectivity index (χ1v) is 9.37. The topological polar surface area (TPSA) is 59.9 Å². The highest BCUT2D eigenvalue weighted by Gasteiger charge is 2.25. The second-order valence-corrected chi connectivity index (χ2v) is 6.99. The molecule has 1 aliphatic heterocycles. The zero-order valence-corrected chi connectivity index (χ0v) is 15.2. The number of hydrogen-bond donors (Lipinski definition) is 1. The van der Waals surface area contributed by atoms with Crippen LogP contribution in [0.4, 0.5) is 8.78 Å². The highest BCUT2D eigenvalue weighted by molar-refractivity contribution is 8.18.